The molecule has 0 bridgehead atoms. The van der Waals surface area contributed by atoms with E-state index in [1.807, 2.05) is 19.2 Å². The minimum Gasteiger partial charge on any atom is -0.458 e. The molecule has 0 radical (unpaired) electrons. The lowest BCUT2D eigenvalue weighted by atomic mass is 10.3. The SMILES string of the molecule is Cn1nncc1-c1ccc(CNC2CC2)o1. The number of nitrogens with one attached hydrogen (secondary N) is 1. The van der Waals surface area contributed by atoms with Crippen molar-refractivity contribution in [2.45, 2.75) is 25.4 Å². The first-order valence-corrected chi connectivity index (χ1v) is 5.50. The van der Waals surface area contributed by atoms with E-state index in [-0.39, 0.29) is 0 Å². The maximum atomic E-state index is 5.72. The van der Waals surface area contributed by atoms with Crippen LogP contribution in [0.5, 0.6) is 0 Å². The number of aryl methyl sites for hydroxylation is 1. The predicted molar refractivity (Wildman–Crippen MR) is 58.6 cm³/mol. The molecule has 0 atom stereocenters. The number of hydrogen-bond acceptors (Lipinski definition) is 4. The van der Waals surface area contributed by atoms with Gasteiger partial charge in [-0.15, -0.1) is 5.10 Å². The van der Waals surface area contributed by atoms with Crippen LogP contribution in [0.3, 0.4) is 0 Å². The molecule has 0 aromatic carbocycles. The predicted octanol–water partition coefficient (Wildman–Crippen LogP) is 1.33. The summed E-state index contributed by atoms with van der Waals surface area (Å²) in [6, 6.07) is 4.66. The Labute approximate surface area is 93.4 Å². The van der Waals surface area contributed by atoms with E-state index in [1.54, 1.807) is 10.9 Å². The fourth-order valence-electron chi connectivity index (χ4n) is 1.66. The summed E-state index contributed by atoms with van der Waals surface area (Å²) in [6.45, 7) is 0.802. The summed E-state index contributed by atoms with van der Waals surface area (Å²) < 4.78 is 7.43. The molecule has 1 aliphatic rings. The molecule has 0 amide bonds. The molecule has 5 heteroatoms. The first-order valence-electron chi connectivity index (χ1n) is 5.50. The highest BCUT2D eigenvalue weighted by molar-refractivity contribution is 5.50. The Bertz CT molecular complexity index is 484. The molecule has 1 N–H and O–H groups in total. The van der Waals surface area contributed by atoms with Gasteiger partial charge in [-0.25, -0.2) is 4.68 Å². The molecule has 16 heavy (non-hydrogen) atoms. The van der Waals surface area contributed by atoms with Gasteiger partial charge >= 0.3 is 0 Å². The molecule has 2 heterocycles. The number of nitrogens with zero attached hydrogens (tertiary/aromatic N) is 3. The van der Waals surface area contributed by atoms with Crippen molar-refractivity contribution >= 4 is 0 Å². The van der Waals surface area contributed by atoms with Crippen LogP contribution in [0, 0.1) is 0 Å². The van der Waals surface area contributed by atoms with Gasteiger partial charge in [0, 0.05) is 13.1 Å². The maximum Gasteiger partial charge on any atom is 0.154 e. The molecule has 1 fully saturated rings. The maximum absolute atomic E-state index is 5.72. The van der Waals surface area contributed by atoms with Crippen molar-refractivity contribution < 1.29 is 4.42 Å². The molecule has 1 aliphatic carbocycles. The van der Waals surface area contributed by atoms with Crippen LogP contribution in [0.15, 0.2) is 22.7 Å². The summed E-state index contributed by atoms with van der Waals surface area (Å²) in [5.74, 6) is 1.78. The van der Waals surface area contributed by atoms with Gasteiger partial charge < -0.3 is 9.73 Å². The van der Waals surface area contributed by atoms with Gasteiger partial charge in [0.15, 0.2) is 5.76 Å². The fraction of sp³-hybridized carbons (Fsp3) is 0.455. The lowest BCUT2D eigenvalue weighted by molar-refractivity contribution is 0.488. The normalized spacial score (nSPS) is 15.6. The monoisotopic (exact) mass is 218 g/mol. The third-order valence-corrected chi connectivity index (χ3v) is 2.77. The van der Waals surface area contributed by atoms with Gasteiger partial charge in [0.2, 0.25) is 0 Å². The molecule has 2 aromatic heterocycles. The van der Waals surface area contributed by atoms with Gasteiger partial charge in [-0.3, -0.25) is 0 Å². The highest BCUT2D eigenvalue weighted by Gasteiger charge is 2.20. The van der Waals surface area contributed by atoms with Crippen LogP contribution in [0.4, 0.5) is 0 Å². The van der Waals surface area contributed by atoms with Crippen molar-refractivity contribution in [3.8, 4) is 11.5 Å². The first kappa shape index (κ1) is 9.59. The summed E-state index contributed by atoms with van der Waals surface area (Å²) in [5.41, 5.74) is 0.901. The molecular formula is C11H14N4O. The minimum atomic E-state index is 0.701. The summed E-state index contributed by atoms with van der Waals surface area (Å²) in [7, 11) is 1.85. The van der Waals surface area contributed by atoms with Crippen molar-refractivity contribution in [2.24, 2.45) is 7.05 Å². The van der Waals surface area contributed by atoms with Crippen LogP contribution < -0.4 is 5.32 Å². The average molecular weight is 218 g/mol. The summed E-state index contributed by atoms with van der Waals surface area (Å²) in [5, 5.41) is 11.1. The zero-order chi connectivity index (χ0) is 11.0. The Hall–Kier alpha value is -1.62. The molecule has 3 rings (SSSR count). The third-order valence-electron chi connectivity index (χ3n) is 2.77. The van der Waals surface area contributed by atoms with Crippen molar-refractivity contribution in [1.29, 1.82) is 0 Å². The van der Waals surface area contributed by atoms with Crippen LogP contribution in [-0.2, 0) is 13.6 Å². The Balaban J connectivity index is 1.74. The molecule has 0 saturated heterocycles. The molecule has 2 aromatic rings. The van der Waals surface area contributed by atoms with E-state index in [0.717, 1.165) is 23.8 Å². The van der Waals surface area contributed by atoms with Gasteiger partial charge in [-0.1, -0.05) is 5.21 Å². The van der Waals surface area contributed by atoms with E-state index in [9.17, 15) is 0 Å². The largest absolute Gasteiger partial charge is 0.458 e. The second kappa shape index (κ2) is 3.75. The van der Waals surface area contributed by atoms with Crippen molar-refractivity contribution in [2.75, 3.05) is 0 Å². The van der Waals surface area contributed by atoms with Gasteiger partial charge in [0.05, 0.1) is 12.7 Å². The number of rotatable bonds is 4. The average Bonchev–Trinajstić information content (AvgIpc) is 2.82. The quantitative estimate of drug-likeness (QED) is 0.841. The van der Waals surface area contributed by atoms with Crippen molar-refractivity contribution in [3.05, 3.63) is 24.1 Å². The topological polar surface area (TPSA) is 55.9 Å². The van der Waals surface area contributed by atoms with Crippen LogP contribution in [0.25, 0.3) is 11.5 Å². The second-order valence-electron chi connectivity index (χ2n) is 4.16. The number of furan rings is 1. The van der Waals surface area contributed by atoms with Crippen LogP contribution in [-0.4, -0.2) is 21.0 Å². The zero-order valence-corrected chi connectivity index (χ0v) is 9.18. The molecular weight excluding hydrogens is 204 g/mol. The van der Waals surface area contributed by atoms with Gasteiger partial charge in [-0.2, -0.15) is 0 Å². The highest BCUT2D eigenvalue weighted by Crippen LogP contribution is 2.22. The van der Waals surface area contributed by atoms with Crippen molar-refractivity contribution in [3.63, 3.8) is 0 Å². The van der Waals surface area contributed by atoms with E-state index in [0.29, 0.717) is 6.04 Å². The lowest BCUT2D eigenvalue weighted by Gasteiger charge is -1.99. The second-order valence-corrected chi connectivity index (χ2v) is 4.16. The Morgan fingerprint density at radius 2 is 2.38 bits per heavy atom. The standard InChI is InChI=1S/C11H14N4O/c1-15-10(7-13-14-15)11-5-4-9(16-11)6-12-8-2-3-8/h4-5,7-8,12H,2-3,6H2,1H3. The van der Waals surface area contributed by atoms with E-state index in [4.69, 9.17) is 4.42 Å². The molecule has 5 nitrogen and oxygen atoms in total. The van der Waals surface area contributed by atoms with Gasteiger partial charge in [-0.05, 0) is 25.0 Å². The molecule has 1 saturated carbocycles. The minimum absolute atomic E-state index is 0.701. The van der Waals surface area contributed by atoms with Crippen LogP contribution >= 0.6 is 0 Å². The summed E-state index contributed by atoms with van der Waals surface area (Å²) in [6.07, 6.45) is 4.29. The number of hydrogen-bond donors (Lipinski definition) is 1. The van der Waals surface area contributed by atoms with Gasteiger partial charge in [0.1, 0.15) is 11.5 Å². The number of aromatic nitrogens is 3. The first-order chi connectivity index (χ1) is 7.83. The van der Waals surface area contributed by atoms with E-state index < -0.39 is 0 Å². The van der Waals surface area contributed by atoms with Crippen LogP contribution in [0.1, 0.15) is 18.6 Å². The van der Waals surface area contributed by atoms with E-state index >= 15 is 0 Å². The highest BCUT2D eigenvalue weighted by atomic mass is 16.3. The van der Waals surface area contributed by atoms with Crippen LogP contribution in [0.2, 0.25) is 0 Å². The Morgan fingerprint density at radius 3 is 3.06 bits per heavy atom. The molecule has 84 valence electrons. The smallest absolute Gasteiger partial charge is 0.154 e. The van der Waals surface area contributed by atoms with E-state index in [1.165, 1.54) is 12.8 Å². The molecule has 0 spiro atoms. The fourth-order valence-corrected chi connectivity index (χ4v) is 1.66. The zero-order valence-electron chi connectivity index (χ0n) is 9.18. The van der Waals surface area contributed by atoms with Crippen molar-refractivity contribution in [1.82, 2.24) is 20.3 Å². The summed E-state index contributed by atoms with van der Waals surface area (Å²) >= 11 is 0. The van der Waals surface area contributed by atoms with E-state index in [2.05, 4.69) is 15.6 Å². The lowest BCUT2D eigenvalue weighted by Crippen LogP contribution is -2.14. The third kappa shape index (κ3) is 1.86. The summed E-state index contributed by atoms with van der Waals surface area (Å²) in [4.78, 5) is 0. The molecule has 0 aliphatic heterocycles. The van der Waals surface area contributed by atoms with Gasteiger partial charge in [0.25, 0.3) is 0 Å². The Kier molecular flexibility index (Phi) is 2.25. The Morgan fingerprint density at radius 1 is 1.50 bits per heavy atom. The molecule has 0 unspecified atom stereocenters.